The lowest BCUT2D eigenvalue weighted by molar-refractivity contribution is -0.133. The molecule has 0 fully saturated rings. The average molecular weight is 523 g/mol. The largest absolute Gasteiger partial charge is 0.345 e. The quantitative estimate of drug-likeness (QED) is 0.187. The van der Waals surface area contributed by atoms with E-state index >= 15 is 0 Å². The van der Waals surface area contributed by atoms with Crippen LogP contribution in [-0.4, -0.2) is 48.7 Å². The molecule has 2 aromatic rings. The first-order valence-corrected chi connectivity index (χ1v) is 13.5. The lowest BCUT2D eigenvalue weighted by Crippen LogP contribution is -2.56. The highest BCUT2D eigenvalue weighted by Crippen LogP contribution is 2.10. The van der Waals surface area contributed by atoms with Gasteiger partial charge in [-0.3, -0.25) is 14.4 Å². The third-order valence-corrected chi connectivity index (χ3v) is 6.22. The van der Waals surface area contributed by atoms with Gasteiger partial charge in [-0.25, -0.2) is 0 Å². The Morgan fingerprint density at radius 3 is 2.00 bits per heavy atom. The van der Waals surface area contributed by atoms with Gasteiger partial charge in [0.15, 0.2) is 0 Å². The number of amides is 3. The lowest BCUT2D eigenvalue weighted by Gasteiger charge is -2.25. The molecular formula is C30H42N4O4. The van der Waals surface area contributed by atoms with Crippen molar-refractivity contribution in [2.45, 2.75) is 76.9 Å². The number of hydrogen-bond acceptors (Lipinski definition) is 5. The summed E-state index contributed by atoms with van der Waals surface area (Å²) in [6.07, 6.45) is 4.16. The van der Waals surface area contributed by atoms with Crippen molar-refractivity contribution in [2.75, 3.05) is 6.54 Å². The van der Waals surface area contributed by atoms with Gasteiger partial charge in [-0.05, 0) is 55.7 Å². The number of nitrogens with one attached hydrogen (secondary N) is 3. The second-order valence-electron chi connectivity index (χ2n) is 10.0. The van der Waals surface area contributed by atoms with Crippen LogP contribution in [0.4, 0.5) is 0 Å². The standard InChI is InChI=1S/C30H42N4O4/c1-22(2)19-26(29(37)32-25(21-35)15-9-10-18-31)34-30(38)27(20-24-13-7-4-8-14-24)33-28(36)17-16-23-11-5-3-6-12-23/h3-8,11-14,21-22,25-27H,9-10,15-20,31H2,1-2H3,(H,32,37)(H,33,36)(H,34,38)/t25-,26?,27-/m1/s1. The average Bonchev–Trinajstić information content (AvgIpc) is 2.91. The number of rotatable bonds is 17. The Morgan fingerprint density at radius 1 is 0.816 bits per heavy atom. The second kappa shape index (κ2) is 17.1. The fourth-order valence-corrected chi connectivity index (χ4v) is 4.17. The summed E-state index contributed by atoms with van der Waals surface area (Å²) in [5.74, 6) is -0.971. The van der Waals surface area contributed by atoms with Crippen molar-refractivity contribution in [2.24, 2.45) is 11.7 Å². The van der Waals surface area contributed by atoms with Crippen LogP contribution in [0.1, 0.15) is 57.1 Å². The fraction of sp³-hybridized carbons (Fsp3) is 0.467. The molecule has 0 spiro atoms. The minimum absolute atomic E-state index is 0.117. The maximum atomic E-state index is 13.4. The van der Waals surface area contributed by atoms with E-state index in [1.807, 2.05) is 74.5 Å². The molecule has 5 N–H and O–H groups in total. The van der Waals surface area contributed by atoms with E-state index in [0.29, 0.717) is 32.1 Å². The van der Waals surface area contributed by atoms with E-state index in [2.05, 4.69) is 16.0 Å². The molecule has 0 bridgehead atoms. The van der Waals surface area contributed by atoms with E-state index in [0.717, 1.165) is 24.0 Å². The SMILES string of the molecule is CC(C)CC(NC(=O)[C@@H](Cc1ccccc1)NC(=O)CCc1ccccc1)C(=O)N[C@@H](C=O)CCCCN. The molecule has 2 aromatic carbocycles. The topological polar surface area (TPSA) is 130 Å². The number of benzene rings is 2. The molecule has 0 aromatic heterocycles. The second-order valence-corrected chi connectivity index (χ2v) is 10.0. The van der Waals surface area contributed by atoms with Crippen LogP contribution in [0, 0.1) is 5.92 Å². The van der Waals surface area contributed by atoms with Crippen LogP contribution < -0.4 is 21.7 Å². The van der Waals surface area contributed by atoms with Gasteiger partial charge in [0.05, 0.1) is 6.04 Å². The van der Waals surface area contributed by atoms with Crippen LogP contribution in [0.15, 0.2) is 60.7 Å². The summed E-state index contributed by atoms with van der Waals surface area (Å²) in [7, 11) is 0. The van der Waals surface area contributed by atoms with E-state index in [9.17, 15) is 19.2 Å². The number of unbranched alkanes of at least 4 members (excludes halogenated alkanes) is 1. The lowest BCUT2D eigenvalue weighted by atomic mass is 10.00. The predicted molar refractivity (Wildman–Crippen MR) is 149 cm³/mol. The Bertz CT molecular complexity index is 998. The predicted octanol–water partition coefficient (Wildman–Crippen LogP) is 2.69. The Balaban J connectivity index is 2.10. The van der Waals surface area contributed by atoms with Crippen molar-refractivity contribution in [3.8, 4) is 0 Å². The number of hydrogen-bond donors (Lipinski definition) is 4. The maximum Gasteiger partial charge on any atom is 0.243 e. The molecule has 0 aliphatic heterocycles. The normalized spacial score (nSPS) is 13.3. The van der Waals surface area contributed by atoms with Gasteiger partial charge in [0.1, 0.15) is 18.4 Å². The minimum atomic E-state index is -0.852. The molecule has 0 saturated carbocycles. The zero-order chi connectivity index (χ0) is 27.8. The van der Waals surface area contributed by atoms with Crippen molar-refractivity contribution in [3.63, 3.8) is 0 Å². The van der Waals surface area contributed by atoms with Crippen molar-refractivity contribution < 1.29 is 19.2 Å². The smallest absolute Gasteiger partial charge is 0.243 e. The van der Waals surface area contributed by atoms with Crippen molar-refractivity contribution in [1.29, 1.82) is 0 Å². The molecule has 0 saturated heterocycles. The molecule has 0 aliphatic rings. The molecule has 2 rings (SSSR count). The molecule has 0 aliphatic carbocycles. The Labute approximate surface area is 226 Å². The molecule has 0 radical (unpaired) electrons. The first-order valence-electron chi connectivity index (χ1n) is 13.5. The van der Waals surface area contributed by atoms with Crippen LogP contribution in [0.25, 0.3) is 0 Å². The van der Waals surface area contributed by atoms with Crippen LogP contribution in [0.2, 0.25) is 0 Å². The Hall–Kier alpha value is -3.52. The Kier molecular flexibility index (Phi) is 13.8. The number of aryl methyl sites for hydroxylation is 1. The monoisotopic (exact) mass is 522 g/mol. The third-order valence-electron chi connectivity index (χ3n) is 6.22. The molecule has 8 heteroatoms. The van der Waals surface area contributed by atoms with Gasteiger partial charge in [-0.15, -0.1) is 0 Å². The van der Waals surface area contributed by atoms with Crippen LogP contribution in [-0.2, 0) is 32.0 Å². The number of aldehydes is 1. The zero-order valence-electron chi connectivity index (χ0n) is 22.5. The minimum Gasteiger partial charge on any atom is -0.345 e. The number of nitrogens with two attached hydrogens (primary N) is 1. The first-order chi connectivity index (χ1) is 18.3. The molecule has 206 valence electrons. The molecular weight excluding hydrogens is 480 g/mol. The van der Waals surface area contributed by atoms with E-state index in [1.54, 1.807) is 0 Å². The first kappa shape index (κ1) is 30.7. The highest BCUT2D eigenvalue weighted by Gasteiger charge is 2.28. The van der Waals surface area contributed by atoms with Crippen molar-refractivity contribution in [3.05, 3.63) is 71.8 Å². The van der Waals surface area contributed by atoms with Crippen molar-refractivity contribution >= 4 is 24.0 Å². The van der Waals surface area contributed by atoms with Gasteiger partial charge >= 0.3 is 0 Å². The summed E-state index contributed by atoms with van der Waals surface area (Å²) in [5, 5.41) is 8.47. The van der Waals surface area contributed by atoms with Gasteiger partial charge in [0.25, 0.3) is 0 Å². The number of carbonyl (C=O) groups is 4. The molecule has 1 unspecified atom stereocenters. The fourth-order valence-electron chi connectivity index (χ4n) is 4.17. The van der Waals surface area contributed by atoms with E-state index < -0.39 is 29.9 Å². The summed E-state index contributed by atoms with van der Waals surface area (Å²) in [6.45, 7) is 4.43. The molecule has 38 heavy (non-hydrogen) atoms. The van der Waals surface area contributed by atoms with Gasteiger partial charge in [-0.2, -0.15) is 0 Å². The van der Waals surface area contributed by atoms with E-state index in [1.165, 1.54) is 0 Å². The van der Waals surface area contributed by atoms with E-state index in [4.69, 9.17) is 5.73 Å². The van der Waals surface area contributed by atoms with Crippen LogP contribution >= 0.6 is 0 Å². The molecule has 3 amide bonds. The summed E-state index contributed by atoms with van der Waals surface area (Å²) in [4.78, 5) is 50.8. The van der Waals surface area contributed by atoms with Gasteiger partial charge in [0, 0.05) is 12.8 Å². The van der Waals surface area contributed by atoms with Gasteiger partial charge in [-0.1, -0.05) is 74.5 Å². The summed E-state index contributed by atoms with van der Waals surface area (Å²) >= 11 is 0. The van der Waals surface area contributed by atoms with Crippen LogP contribution in [0.5, 0.6) is 0 Å². The highest BCUT2D eigenvalue weighted by atomic mass is 16.2. The number of carbonyl (C=O) groups excluding carboxylic acids is 4. The van der Waals surface area contributed by atoms with Gasteiger partial charge in [0.2, 0.25) is 17.7 Å². The van der Waals surface area contributed by atoms with Crippen LogP contribution in [0.3, 0.4) is 0 Å². The van der Waals surface area contributed by atoms with Crippen molar-refractivity contribution in [1.82, 2.24) is 16.0 Å². The summed E-state index contributed by atoms with van der Waals surface area (Å²) in [5.41, 5.74) is 7.46. The molecule has 3 atom stereocenters. The Morgan fingerprint density at radius 2 is 1.42 bits per heavy atom. The highest BCUT2D eigenvalue weighted by molar-refractivity contribution is 5.93. The summed E-state index contributed by atoms with van der Waals surface area (Å²) < 4.78 is 0. The molecule has 8 nitrogen and oxygen atoms in total. The maximum absolute atomic E-state index is 13.4. The van der Waals surface area contributed by atoms with Gasteiger partial charge < -0.3 is 26.5 Å². The van der Waals surface area contributed by atoms with E-state index in [-0.39, 0.29) is 24.7 Å². The molecule has 0 heterocycles. The zero-order valence-corrected chi connectivity index (χ0v) is 22.5. The summed E-state index contributed by atoms with van der Waals surface area (Å²) in [6, 6.07) is 16.8. The third kappa shape index (κ3) is 11.7.